The lowest BCUT2D eigenvalue weighted by atomic mass is 10.3. The fraction of sp³-hybridized carbons (Fsp3) is 1.00. The Morgan fingerprint density at radius 1 is 1.31 bits per heavy atom. The van der Waals surface area contributed by atoms with E-state index in [-0.39, 0.29) is 0 Å². The van der Waals surface area contributed by atoms with Crippen molar-refractivity contribution in [1.82, 2.24) is 9.80 Å². The predicted octanol–water partition coefficient (Wildman–Crippen LogP) is -0.813. The van der Waals surface area contributed by atoms with Crippen molar-refractivity contribution in [3.05, 3.63) is 0 Å². The van der Waals surface area contributed by atoms with Crippen molar-refractivity contribution >= 4 is 10.1 Å². The van der Waals surface area contributed by atoms with Gasteiger partial charge in [-0.3, -0.25) is 14.4 Å². The number of nitrogens with two attached hydrogens (primary N) is 1. The van der Waals surface area contributed by atoms with Crippen molar-refractivity contribution < 1.29 is 13.0 Å². The number of piperazine rings is 1. The summed E-state index contributed by atoms with van der Waals surface area (Å²) in [6.45, 7) is 6.18. The van der Waals surface area contributed by atoms with Gasteiger partial charge in [0.05, 0.1) is 0 Å². The van der Waals surface area contributed by atoms with E-state index in [9.17, 15) is 8.42 Å². The van der Waals surface area contributed by atoms with Gasteiger partial charge >= 0.3 is 0 Å². The lowest BCUT2D eigenvalue weighted by Gasteiger charge is -2.37. The van der Waals surface area contributed by atoms with Crippen LogP contribution in [-0.4, -0.2) is 67.4 Å². The fourth-order valence-electron chi connectivity index (χ4n) is 2.11. The molecule has 1 aliphatic rings. The van der Waals surface area contributed by atoms with Crippen LogP contribution < -0.4 is 5.73 Å². The highest BCUT2D eigenvalue weighted by Crippen LogP contribution is 2.13. The molecule has 7 heteroatoms. The Labute approximate surface area is 97.1 Å². The molecule has 1 aliphatic heterocycles. The Hall–Kier alpha value is -0.210. The first-order valence-corrected chi connectivity index (χ1v) is 7.12. The van der Waals surface area contributed by atoms with Crippen LogP contribution in [0.2, 0.25) is 0 Å². The zero-order valence-electron chi connectivity index (χ0n) is 9.67. The molecule has 1 saturated heterocycles. The Balaban J connectivity index is 2.52. The normalized spacial score (nSPS) is 22.2. The molecule has 0 saturated carbocycles. The van der Waals surface area contributed by atoms with Crippen LogP contribution >= 0.6 is 0 Å². The predicted molar refractivity (Wildman–Crippen MR) is 62.7 cm³/mol. The Morgan fingerprint density at radius 2 is 1.88 bits per heavy atom. The van der Waals surface area contributed by atoms with E-state index >= 15 is 0 Å². The van der Waals surface area contributed by atoms with E-state index in [4.69, 9.17) is 10.3 Å². The van der Waals surface area contributed by atoms with Gasteiger partial charge in [0.15, 0.2) is 0 Å². The molecule has 0 aromatic carbocycles. The van der Waals surface area contributed by atoms with Crippen LogP contribution in [0.3, 0.4) is 0 Å². The Morgan fingerprint density at radius 3 is 2.25 bits per heavy atom. The second-order valence-electron chi connectivity index (χ2n) is 4.04. The van der Waals surface area contributed by atoms with E-state index in [2.05, 4.69) is 4.90 Å². The molecule has 1 heterocycles. The first-order chi connectivity index (χ1) is 7.49. The highest BCUT2D eigenvalue weighted by atomic mass is 32.2. The summed E-state index contributed by atoms with van der Waals surface area (Å²) in [6.07, 6.45) is 0.412. The maximum absolute atomic E-state index is 11.1. The molecule has 1 fully saturated rings. The lowest BCUT2D eigenvalue weighted by molar-refractivity contribution is 0.119. The standard InChI is InChI=1S/C9H21N3O3S/c1-2-9(16(13,14)15)12-7-5-11(4-3-10)6-8-12/h9H,2-8,10H2,1H3,(H,13,14,15). The number of hydrogen-bond acceptors (Lipinski definition) is 5. The van der Waals surface area contributed by atoms with E-state index in [0.717, 1.165) is 19.6 Å². The molecule has 3 N–H and O–H groups in total. The van der Waals surface area contributed by atoms with Crippen molar-refractivity contribution in [3.63, 3.8) is 0 Å². The molecule has 0 aromatic rings. The molecular weight excluding hydrogens is 230 g/mol. The smallest absolute Gasteiger partial charge is 0.281 e. The summed E-state index contributed by atoms with van der Waals surface area (Å²) >= 11 is 0. The second kappa shape index (κ2) is 5.92. The molecule has 0 aromatic heterocycles. The summed E-state index contributed by atoms with van der Waals surface area (Å²) < 4.78 is 31.4. The van der Waals surface area contributed by atoms with Crippen LogP contribution in [0.25, 0.3) is 0 Å². The van der Waals surface area contributed by atoms with Gasteiger partial charge in [-0.25, -0.2) is 0 Å². The fourth-order valence-corrected chi connectivity index (χ4v) is 3.12. The van der Waals surface area contributed by atoms with Crippen LogP contribution in [0.5, 0.6) is 0 Å². The summed E-state index contributed by atoms with van der Waals surface area (Å²) in [7, 11) is -3.96. The Bertz CT molecular complexity index is 299. The summed E-state index contributed by atoms with van der Waals surface area (Å²) in [5.74, 6) is 0. The molecule has 0 spiro atoms. The molecule has 0 amide bonds. The van der Waals surface area contributed by atoms with E-state index in [1.807, 2.05) is 4.90 Å². The average Bonchev–Trinajstić information content (AvgIpc) is 2.20. The van der Waals surface area contributed by atoms with Crippen LogP contribution in [0, 0.1) is 0 Å². The molecule has 6 nitrogen and oxygen atoms in total. The zero-order chi connectivity index (χ0) is 12.2. The van der Waals surface area contributed by atoms with Crippen molar-refractivity contribution in [1.29, 1.82) is 0 Å². The SMILES string of the molecule is CCC(N1CCN(CCN)CC1)S(=O)(=O)O. The van der Waals surface area contributed by atoms with Gasteiger partial charge < -0.3 is 5.73 Å². The number of nitrogens with zero attached hydrogens (tertiary/aromatic N) is 2. The molecule has 0 bridgehead atoms. The average molecular weight is 251 g/mol. The Kier molecular flexibility index (Phi) is 5.13. The highest BCUT2D eigenvalue weighted by molar-refractivity contribution is 7.86. The largest absolute Gasteiger partial charge is 0.329 e. The van der Waals surface area contributed by atoms with Gasteiger partial charge in [0.1, 0.15) is 5.37 Å². The van der Waals surface area contributed by atoms with Crippen molar-refractivity contribution in [3.8, 4) is 0 Å². The quantitative estimate of drug-likeness (QED) is 0.621. The van der Waals surface area contributed by atoms with Crippen molar-refractivity contribution in [2.24, 2.45) is 5.73 Å². The minimum Gasteiger partial charge on any atom is -0.329 e. The summed E-state index contributed by atoms with van der Waals surface area (Å²) in [5.41, 5.74) is 5.46. The summed E-state index contributed by atoms with van der Waals surface area (Å²) in [6, 6.07) is 0. The lowest BCUT2D eigenvalue weighted by Crippen LogP contribution is -2.53. The molecule has 96 valence electrons. The van der Waals surface area contributed by atoms with Gasteiger partial charge in [-0.2, -0.15) is 8.42 Å². The molecule has 16 heavy (non-hydrogen) atoms. The van der Waals surface area contributed by atoms with Gasteiger partial charge in [0.2, 0.25) is 0 Å². The van der Waals surface area contributed by atoms with E-state index in [0.29, 0.717) is 26.1 Å². The van der Waals surface area contributed by atoms with Gasteiger partial charge in [0.25, 0.3) is 10.1 Å². The second-order valence-corrected chi connectivity index (χ2v) is 5.62. The van der Waals surface area contributed by atoms with Crippen LogP contribution in [0.15, 0.2) is 0 Å². The van der Waals surface area contributed by atoms with Gasteiger partial charge in [0, 0.05) is 39.3 Å². The van der Waals surface area contributed by atoms with Crippen LogP contribution in [-0.2, 0) is 10.1 Å². The number of rotatable bonds is 5. The monoisotopic (exact) mass is 251 g/mol. The van der Waals surface area contributed by atoms with Gasteiger partial charge in [-0.05, 0) is 6.42 Å². The van der Waals surface area contributed by atoms with E-state index < -0.39 is 15.5 Å². The molecule has 1 atom stereocenters. The third-order valence-electron chi connectivity index (χ3n) is 2.95. The first-order valence-electron chi connectivity index (χ1n) is 5.61. The summed E-state index contributed by atoms with van der Waals surface area (Å²) in [5, 5.41) is -0.757. The maximum Gasteiger partial charge on any atom is 0.281 e. The minimum atomic E-state index is -3.96. The van der Waals surface area contributed by atoms with Gasteiger partial charge in [-0.1, -0.05) is 6.92 Å². The van der Waals surface area contributed by atoms with Crippen molar-refractivity contribution in [2.45, 2.75) is 18.7 Å². The third-order valence-corrected chi connectivity index (χ3v) is 4.27. The minimum absolute atomic E-state index is 0.412. The topological polar surface area (TPSA) is 86.9 Å². The number of hydrogen-bond donors (Lipinski definition) is 2. The third kappa shape index (κ3) is 3.67. The molecule has 1 unspecified atom stereocenters. The van der Waals surface area contributed by atoms with Crippen LogP contribution in [0.4, 0.5) is 0 Å². The molecular formula is C9H21N3O3S. The maximum atomic E-state index is 11.1. The van der Waals surface area contributed by atoms with E-state index in [1.54, 1.807) is 6.92 Å². The van der Waals surface area contributed by atoms with E-state index in [1.165, 1.54) is 0 Å². The zero-order valence-corrected chi connectivity index (χ0v) is 10.5. The molecule has 0 aliphatic carbocycles. The molecule has 1 rings (SSSR count). The van der Waals surface area contributed by atoms with Crippen LogP contribution in [0.1, 0.15) is 13.3 Å². The first kappa shape index (κ1) is 13.9. The van der Waals surface area contributed by atoms with Crippen molar-refractivity contribution in [2.75, 3.05) is 39.3 Å². The molecule has 0 radical (unpaired) electrons. The highest BCUT2D eigenvalue weighted by Gasteiger charge is 2.30. The van der Waals surface area contributed by atoms with Gasteiger partial charge in [-0.15, -0.1) is 0 Å². The summed E-state index contributed by atoms with van der Waals surface area (Å²) in [4.78, 5) is 4.02.